The third-order valence-corrected chi connectivity index (χ3v) is 7.04. The Balaban J connectivity index is 1.33. The molecule has 0 unspecified atom stereocenters. The number of hydrogen-bond acceptors (Lipinski definition) is 1. The SMILES string of the molecule is CCC1CCC(/C=C/CCC2CCC(c3ccc(OC(F)F)cc3)CC2)CC1. The largest absolute Gasteiger partial charge is 0.435 e. The van der Waals surface area contributed by atoms with Gasteiger partial charge in [-0.1, -0.05) is 37.6 Å². The maximum Gasteiger partial charge on any atom is 0.387 e. The third kappa shape index (κ3) is 6.60. The second-order valence-electron chi connectivity index (χ2n) is 8.86. The van der Waals surface area contributed by atoms with E-state index in [1.165, 1.54) is 76.2 Å². The highest BCUT2D eigenvalue weighted by Crippen LogP contribution is 2.38. The molecule has 0 saturated heterocycles. The molecule has 28 heavy (non-hydrogen) atoms. The van der Waals surface area contributed by atoms with E-state index in [-0.39, 0.29) is 5.75 Å². The molecule has 2 aliphatic carbocycles. The first-order valence-electron chi connectivity index (χ1n) is 11.4. The van der Waals surface area contributed by atoms with Crippen molar-refractivity contribution >= 4 is 0 Å². The van der Waals surface area contributed by atoms with Crippen molar-refractivity contribution in [1.82, 2.24) is 0 Å². The van der Waals surface area contributed by atoms with Crippen molar-refractivity contribution in [2.75, 3.05) is 0 Å². The lowest BCUT2D eigenvalue weighted by atomic mass is 9.77. The predicted octanol–water partition coefficient (Wildman–Crippen LogP) is 8.11. The average Bonchev–Trinajstić information content (AvgIpc) is 2.72. The van der Waals surface area contributed by atoms with Crippen molar-refractivity contribution in [2.24, 2.45) is 17.8 Å². The second kappa shape index (κ2) is 11.0. The summed E-state index contributed by atoms with van der Waals surface area (Å²) < 4.78 is 29.0. The molecule has 2 saturated carbocycles. The first-order valence-corrected chi connectivity index (χ1v) is 11.4. The van der Waals surface area contributed by atoms with Crippen LogP contribution in [-0.2, 0) is 0 Å². The molecule has 2 aliphatic rings. The lowest BCUT2D eigenvalue weighted by Gasteiger charge is -2.29. The van der Waals surface area contributed by atoms with Gasteiger partial charge in [-0.15, -0.1) is 0 Å². The normalized spacial score (nSPS) is 28.7. The minimum atomic E-state index is -2.75. The Morgan fingerprint density at radius 3 is 2.18 bits per heavy atom. The molecular formula is C25H36F2O. The summed E-state index contributed by atoms with van der Waals surface area (Å²) >= 11 is 0. The van der Waals surface area contributed by atoms with E-state index in [1.807, 2.05) is 12.1 Å². The molecule has 0 amide bonds. The zero-order chi connectivity index (χ0) is 19.8. The second-order valence-corrected chi connectivity index (χ2v) is 8.86. The fourth-order valence-electron chi connectivity index (χ4n) is 5.12. The van der Waals surface area contributed by atoms with Crippen LogP contribution in [0, 0.1) is 17.8 Å². The Bertz CT molecular complexity index is 579. The quantitative estimate of drug-likeness (QED) is 0.407. The van der Waals surface area contributed by atoms with Gasteiger partial charge in [0.25, 0.3) is 0 Å². The van der Waals surface area contributed by atoms with Gasteiger partial charge in [0.05, 0.1) is 0 Å². The summed E-state index contributed by atoms with van der Waals surface area (Å²) in [6.07, 6.45) is 19.5. The standard InChI is InChI=1S/C25H36F2O/c1-2-19-7-9-20(10-8-19)5-3-4-6-21-11-13-22(14-12-21)23-15-17-24(18-16-23)28-25(26)27/h3,5,15-22,25H,2,4,6-14H2,1H3/b5-3+. The number of rotatable bonds is 8. The highest BCUT2D eigenvalue weighted by atomic mass is 19.3. The zero-order valence-electron chi connectivity index (χ0n) is 17.3. The molecule has 0 spiro atoms. The highest BCUT2D eigenvalue weighted by molar-refractivity contribution is 5.29. The molecule has 0 radical (unpaired) electrons. The van der Waals surface area contributed by atoms with E-state index < -0.39 is 6.61 Å². The minimum Gasteiger partial charge on any atom is -0.435 e. The van der Waals surface area contributed by atoms with Crippen LogP contribution in [0.5, 0.6) is 5.75 Å². The number of ether oxygens (including phenoxy) is 1. The molecule has 0 bridgehead atoms. The predicted molar refractivity (Wildman–Crippen MR) is 112 cm³/mol. The van der Waals surface area contributed by atoms with Gasteiger partial charge in [-0.25, -0.2) is 0 Å². The number of allylic oxidation sites excluding steroid dienone is 2. The van der Waals surface area contributed by atoms with E-state index in [1.54, 1.807) is 12.1 Å². The van der Waals surface area contributed by atoms with Crippen LogP contribution in [-0.4, -0.2) is 6.61 Å². The molecule has 3 rings (SSSR count). The van der Waals surface area contributed by atoms with Crippen LogP contribution in [0.2, 0.25) is 0 Å². The van der Waals surface area contributed by atoms with Crippen molar-refractivity contribution in [1.29, 1.82) is 0 Å². The highest BCUT2D eigenvalue weighted by Gasteiger charge is 2.22. The van der Waals surface area contributed by atoms with Crippen LogP contribution in [0.3, 0.4) is 0 Å². The molecular weight excluding hydrogens is 354 g/mol. The molecule has 0 N–H and O–H groups in total. The fraction of sp³-hybridized carbons (Fsp3) is 0.680. The van der Waals surface area contributed by atoms with E-state index in [2.05, 4.69) is 23.8 Å². The Morgan fingerprint density at radius 1 is 0.929 bits per heavy atom. The van der Waals surface area contributed by atoms with Gasteiger partial charge in [-0.05, 0) is 106 Å². The molecule has 0 atom stereocenters. The number of halogens is 2. The van der Waals surface area contributed by atoms with Crippen molar-refractivity contribution < 1.29 is 13.5 Å². The Morgan fingerprint density at radius 2 is 1.57 bits per heavy atom. The summed E-state index contributed by atoms with van der Waals surface area (Å²) in [4.78, 5) is 0. The van der Waals surface area contributed by atoms with Crippen LogP contribution in [0.25, 0.3) is 0 Å². The summed E-state index contributed by atoms with van der Waals surface area (Å²) in [5.41, 5.74) is 1.27. The molecule has 156 valence electrons. The van der Waals surface area contributed by atoms with E-state index in [9.17, 15) is 8.78 Å². The smallest absolute Gasteiger partial charge is 0.387 e. The van der Waals surface area contributed by atoms with Gasteiger partial charge in [0.15, 0.2) is 0 Å². The van der Waals surface area contributed by atoms with Crippen LogP contribution in [0.4, 0.5) is 8.78 Å². The van der Waals surface area contributed by atoms with Crippen LogP contribution in [0.1, 0.15) is 89.0 Å². The van der Waals surface area contributed by atoms with E-state index in [0.717, 1.165) is 17.8 Å². The van der Waals surface area contributed by atoms with Crippen molar-refractivity contribution in [3.63, 3.8) is 0 Å². The van der Waals surface area contributed by atoms with Crippen molar-refractivity contribution in [3.05, 3.63) is 42.0 Å². The summed E-state index contributed by atoms with van der Waals surface area (Å²) in [6.45, 7) is -0.423. The average molecular weight is 391 g/mol. The summed E-state index contributed by atoms with van der Waals surface area (Å²) in [5, 5.41) is 0. The van der Waals surface area contributed by atoms with Gasteiger partial charge in [0, 0.05) is 0 Å². The van der Waals surface area contributed by atoms with Crippen molar-refractivity contribution in [2.45, 2.75) is 90.1 Å². The molecule has 3 heteroatoms. The first-order chi connectivity index (χ1) is 13.6. The lowest BCUT2D eigenvalue weighted by Crippen LogP contribution is -2.13. The van der Waals surface area contributed by atoms with Gasteiger partial charge in [0.2, 0.25) is 0 Å². The van der Waals surface area contributed by atoms with Gasteiger partial charge in [0.1, 0.15) is 5.75 Å². The summed E-state index contributed by atoms with van der Waals surface area (Å²) in [7, 11) is 0. The molecule has 0 aliphatic heterocycles. The monoisotopic (exact) mass is 390 g/mol. The van der Waals surface area contributed by atoms with Crippen LogP contribution < -0.4 is 4.74 Å². The summed E-state index contributed by atoms with van der Waals surface area (Å²) in [5.74, 6) is 3.48. The zero-order valence-corrected chi connectivity index (χ0v) is 17.3. The molecule has 0 heterocycles. The molecule has 1 aromatic carbocycles. The van der Waals surface area contributed by atoms with Crippen molar-refractivity contribution in [3.8, 4) is 5.75 Å². The topological polar surface area (TPSA) is 9.23 Å². The molecule has 0 aromatic heterocycles. The Labute approximate surface area is 169 Å². The van der Waals surface area contributed by atoms with Gasteiger partial charge < -0.3 is 4.74 Å². The Hall–Kier alpha value is -1.38. The Kier molecular flexibility index (Phi) is 8.36. The van der Waals surface area contributed by atoms with Crippen LogP contribution >= 0.6 is 0 Å². The van der Waals surface area contributed by atoms with E-state index in [0.29, 0.717) is 5.92 Å². The number of benzene rings is 1. The maximum absolute atomic E-state index is 12.3. The fourth-order valence-corrected chi connectivity index (χ4v) is 5.12. The molecule has 2 fully saturated rings. The number of alkyl halides is 2. The van der Waals surface area contributed by atoms with Gasteiger partial charge >= 0.3 is 6.61 Å². The minimum absolute atomic E-state index is 0.252. The number of hydrogen-bond donors (Lipinski definition) is 0. The van der Waals surface area contributed by atoms with E-state index in [4.69, 9.17) is 0 Å². The van der Waals surface area contributed by atoms with Gasteiger partial charge in [-0.3, -0.25) is 0 Å². The summed E-state index contributed by atoms with van der Waals surface area (Å²) in [6, 6.07) is 7.26. The molecule has 1 nitrogen and oxygen atoms in total. The first kappa shape index (κ1) is 21.3. The van der Waals surface area contributed by atoms with Gasteiger partial charge in [-0.2, -0.15) is 8.78 Å². The lowest BCUT2D eigenvalue weighted by molar-refractivity contribution is -0.0498. The van der Waals surface area contributed by atoms with E-state index >= 15 is 0 Å². The van der Waals surface area contributed by atoms with Crippen LogP contribution in [0.15, 0.2) is 36.4 Å². The third-order valence-electron chi connectivity index (χ3n) is 7.04. The maximum atomic E-state index is 12.3. The molecule has 1 aromatic rings.